The number of anilines is 1. The molecule has 148 valence electrons. The lowest BCUT2D eigenvalue weighted by atomic mass is 9.91. The molecular weight excluding hydrogens is 350 g/mol. The maximum atomic E-state index is 12.5. The molecule has 2 aromatic rings. The second kappa shape index (κ2) is 9.46. The standard InChI is InChI=1S/C22H29N5O/c1-23-17-8-10-18(11-9-17)24-22(28)16-4-6-19(7-5-16)25-26-20-12-14-21(15-13-20)27(2)3/h4-7,12-15,17-18,23H,8-11H2,1-3H3,(H,24,28)/b26-25+. The maximum absolute atomic E-state index is 12.5. The first kappa shape index (κ1) is 20.0. The van der Waals surface area contributed by atoms with Gasteiger partial charge in [0.1, 0.15) is 0 Å². The molecule has 0 aliphatic heterocycles. The molecule has 2 N–H and O–H groups in total. The molecule has 0 atom stereocenters. The third-order valence-corrected chi connectivity index (χ3v) is 5.25. The van der Waals surface area contributed by atoms with Crippen molar-refractivity contribution in [2.45, 2.75) is 37.8 Å². The molecule has 0 heterocycles. The van der Waals surface area contributed by atoms with E-state index in [0.717, 1.165) is 42.7 Å². The summed E-state index contributed by atoms with van der Waals surface area (Å²) in [6.07, 6.45) is 4.26. The average Bonchev–Trinajstić information content (AvgIpc) is 2.73. The molecule has 1 aliphatic rings. The molecule has 0 saturated heterocycles. The van der Waals surface area contributed by atoms with Crippen molar-refractivity contribution in [1.29, 1.82) is 0 Å². The highest BCUT2D eigenvalue weighted by molar-refractivity contribution is 5.94. The summed E-state index contributed by atoms with van der Waals surface area (Å²) in [5.41, 5.74) is 3.30. The number of nitrogens with one attached hydrogen (secondary N) is 2. The van der Waals surface area contributed by atoms with Crippen LogP contribution in [0, 0.1) is 0 Å². The van der Waals surface area contributed by atoms with E-state index >= 15 is 0 Å². The van der Waals surface area contributed by atoms with E-state index < -0.39 is 0 Å². The molecule has 1 saturated carbocycles. The molecule has 0 radical (unpaired) electrons. The Balaban J connectivity index is 1.54. The number of azo groups is 1. The fourth-order valence-corrected chi connectivity index (χ4v) is 3.41. The lowest BCUT2D eigenvalue weighted by Gasteiger charge is -2.28. The maximum Gasteiger partial charge on any atom is 0.251 e. The molecule has 6 heteroatoms. The van der Waals surface area contributed by atoms with Gasteiger partial charge in [-0.25, -0.2) is 0 Å². The van der Waals surface area contributed by atoms with Crippen LogP contribution in [0.5, 0.6) is 0 Å². The summed E-state index contributed by atoms with van der Waals surface area (Å²) < 4.78 is 0. The fourth-order valence-electron chi connectivity index (χ4n) is 3.41. The van der Waals surface area contributed by atoms with E-state index in [1.807, 2.05) is 62.4 Å². The van der Waals surface area contributed by atoms with E-state index in [0.29, 0.717) is 11.6 Å². The van der Waals surface area contributed by atoms with Gasteiger partial charge in [-0.05, 0) is 81.3 Å². The Kier molecular flexibility index (Phi) is 6.76. The van der Waals surface area contributed by atoms with Crippen molar-refractivity contribution in [1.82, 2.24) is 10.6 Å². The first-order chi connectivity index (χ1) is 13.5. The van der Waals surface area contributed by atoms with Crippen LogP contribution in [0.1, 0.15) is 36.0 Å². The first-order valence-electron chi connectivity index (χ1n) is 9.82. The predicted molar refractivity (Wildman–Crippen MR) is 114 cm³/mol. The van der Waals surface area contributed by atoms with Crippen LogP contribution in [0.2, 0.25) is 0 Å². The van der Waals surface area contributed by atoms with Crippen molar-refractivity contribution < 1.29 is 4.79 Å². The third-order valence-electron chi connectivity index (χ3n) is 5.25. The normalized spacial score (nSPS) is 19.5. The van der Waals surface area contributed by atoms with Crippen LogP contribution in [-0.2, 0) is 0 Å². The van der Waals surface area contributed by atoms with Crippen molar-refractivity contribution in [3.8, 4) is 0 Å². The van der Waals surface area contributed by atoms with Gasteiger partial charge in [0.15, 0.2) is 0 Å². The van der Waals surface area contributed by atoms with E-state index in [2.05, 4.69) is 20.9 Å². The van der Waals surface area contributed by atoms with Crippen LogP contribution in [0.3, 0.4) is 0 Å². The number of amides is 1. The average molecular weight is 380 g/mol. The van der Waals surface area contributed by atoms with Gasteiger partial charge in [0.2, 0.25) is 0 Å². The molecule has 0 aromatic heterocycles. The Morgan fingerprint density at radius 2 is 1.36 bits per heavy atom. The Labute approximate surface area is 167 Å². The monoisotopic (exact) mass is 379 g/mol. The summed E-state index contributed by atoms with van der Waals surface area (Å²) in [5, 5.41) is 15.0. The summed E-state index contributed by atoms with van der Waals surface area (Å²) in [4.78, 5) is 14.5. The molecule has 1 fully saturated rings. The van der Waals surface area contributed by atoms with Crippen molar-refractivity contribution in [3.05, 3.63) is 54.1 Å². The van der Waals surface area contributed by atoms with Crippen LogP contribution in [-0.4, -0.2) is 39.1 Å². The zero-order valence-corrected chi connectivity index (χ0v) is 16.9. The molecular formula is C22H29N5O. The number of hydrogen-bond acceptors (Lipinski definition) is 5. The Morgan fingerprint density at radius 1 is 0.857 bits per heavy atom. The minimum Gasteiger partial charge on any atom is -0.378 e. The quantitative estimate of drug-likeness (QED) is 0.730. The van der Waals surface area contributed by atoms with Crippen LogP contribution in [0.4, 0.5) is 17.1 Å². The number of carbonyl (C=O) groups is 1. The smallest absolute Gasteiger partial charge is 0.251 e. The number of nitrogens with zero attached hydrogens (tertiary/aromatic N) is 3. The van der Waals surface area contributed by atoms with Crippen LogP contribution in [0.25, 0.3) is 0 Å². The van der Waals surface area contributed by atoms with E-state index in [-0.39, 0.29) is 11.9 Å². The molecule has 1 aliphatic carbocycles. The molecule has 0 unspecified atom stereocenters. The molecule has 28 heavy (non-hydrogen) atoms. The Morgan fingerprint density at radius 3 is 1.86 bits per heavy atom. The highest BCUT2D eigenvalue weighted by atomic mass is 16.1. The largest absolute Gasteiger partial charge is 0.378 e. The van der Waals surface area contributed by atoms with Crippen molar-refractivity contribution in [3.63, 3.8) is 0 Å². The SMILES string of the molecule is CNC1CCC(NC(=O)c2ccc(/N=N/c3ccc(N(C)C)cc3)cc2)CC1. The third kappa shape index (κ3) is 5.39. The van der Waals surface area contributed by atoms with E-state index in [1.165, 1.54) is 0 Å². The molecule has 1 amide bonds. The van der Waals surface area contributed by atoms with Gasteiger partial charge in [-0.3, -0.25) is 4.79 Å². The van der Waals surface area contributed by atoms with Gasteiger partial charge in [-0.1, -0.05) is 0 Å². The Bertz CT molecular complexity index is 791. The van der Waals surface area contributed by atoms with Gasteiger partial charge in [-0.2, -0.15) is 10.2 Å². The first-order valence-corrected chi connectivity index (χ1v) is 9.82. The van der Waals surface area contributed by atoms with E-state index in [1.54, 1.807) is 12.1 Å². The van der Waals surface area contributed by atoms with Gasteiger partial charge < -0.3 is 15.5 Å². The predicted octanol–water partition coefficient (Wildman–Crippen LogP) is 4.43. The molecule has 2 aromatic carbocycles. The molecule has 3 rings (SSSR count). The highest BCUT2D eigenvalue weighted by Crippen LogP contribution is 2.22. The number of rotatable bonds is 6. The van der Waals surface area contributed by atoms with Crippen LogP contribution < -0.4 is 15.5 Å². The number of benzene rings is 2. The highest BCUT2D eigenvalue weighted by Gasteiger charge is 2.21. The second-order valence-corrected chi connectivity index (χ2v) is 7.47. The van der Waals surface area contributed by atoms with Crippen LogP contribution in [0.15, 0.2) is 58.8 Å². The minimum absolute atomic E-state index is 0.0179. The summed E-state index contributed by atoms with van der Waals surface area (Å²) in [6, 6.07) is 16.0. The zero-order valence-electron chi connectivity index (χ0n) is 16.9. The minimum atomic E-state index is -0.0179. The van der Waals surface area contributed by atoms with E-state index in [4.69, 9.17) is 0 Å². The number of hydrogen-bond donors (Lipinski definition) is 2. The summed E-state index contributed by atoms with van der Waals surface area (Å²) in [7, 11) is 6.00. The molecule has 0 bridgehead atoms. The van der Waals surface area contributed by atoms with Crippen molar-refractivity contribution >= 4 is 23.0 Å². The van der Waals surface area contributed by atoms with Gasteiger partial charge in [-0.15, -0.1) is 0 Å². The topological polar surface area (TPSA) is 69.1 Å². The fraction of sp³-hybridized carbons (Fsp3) is 0.409. The summed E-state index contributed by atoms with van der Waals surface area (Å²) in [6.45, 7) is 0. The molecule has 0 spiro atoms. The lowest BCUT2D eigenvalue weighted by Crippen LogP contribution is -2.41. The summed E-state index contributed by atoms with van der Waals surface area (Å²) >= 11 is 0. The van der Waals surface area contributed by atoms with E-state index in [9.17, 15) is 4.79 Å². The Hall–Kier alpha value is -2.73. The lowest BCUT2D eigenvalue weighted by molar-refractivity contribution is 0.0924. The summed E-state index contributed by atoms with van der Waals surface area (Å²) in [5.74, 6) is -0.0179. The molecule has 6 nitrogen and oxygen atoms in total. The number of carbonyl (C=O) groups excluding carboxylic acids is 1. The van der Waals surface area contributed by atoms with Crippen molar-refractivity contribution in [2.24, 2.45) is 10.2 Å². The van der Waals surface area contributed by atoms with Crippen LogP contribution >= 0.6 is 0 Å². The van der Waals surface area contributed by atoms with Gasteiger partial charge in [0.05, 0.1) is 11.4 Å². The second-order valence-electron chi connectivity index (χ2n) is 7.47. The zero-order chi connectivity index (χ0) is 19.9. The van der Waals surface area contributed by atoms with Gasteiger partial charge >= 0.3 is 0 Å². The van der Waals surface area contributed by atoms with Gasteiger partial charge in [0, 0.05) is 37.4 Å². The van der Waals surface area contributed by atoms with Crippen molar-refractivity contribution in [2.75, 3.05) is 26.0 Å². The van der Waals surface area contributed by atoms with Gasteiger partial charge in [0.25, 0.3) is 5.91 Å².